The summed E-state index contributed by atoms with van der Waals surface area (Å²) in [7, 11) is 0. The lowest BCUT2D eigenvalue weighted by molar-refractivity contribution is 0.0207. The third-order valence-corrected chi connectivity index (χ3v) is 3.85. The molecule has 1 aliphatic rings. The molecule has 25 heavy (non-hydrogen) atoms. The Morgan fingerprint density at radius 3 is 2.24 bits per heavy atom. The molecule has 1 aromatic rings. The second kappa shape index (κ2) is 6.97. The van der Waals surface area contributed by atoms with E-state index in [-0.39, 0.29) is 6.04 Å². The zero-order valence-corrected chi connectivity index (χ0v) is 17.2. The predicted molar refractivity (Wildman–Crippen MR) is 96.5 cm³/mol. The Labute approximate surface area is 156 Å². The monoisotopic (exact) mass is 415 g/mol. The number of nitrogens with zero attached hydrogens (tertiary/aromatic N) is 3. The zero-order valence-electron chi connectivity index (χ0n) is 15.6. The maximum atomic E-state index is 12.5. The van der Waals surface area contributed by atoms with Crippen molar-refractivity contribution in [3.8, 4) is 0 Å². The van der Waals surface area contributed by atoms with Crippen LogP contribution in [0, 0.1) is 0 Å². The lowest BCUT2D eigenvalue weighted by atomic mass is 10.2. The minimum absolute atomic E-state index is 0.325. The van der Waals surface area contributed by atoms with Crippen LogP contribution in [-0.4, -0.2) is 44.4 Å². The first kappa shape index (κ1) is 19.8. The highest BCUT2D eigenvalue weighted by Crippen LogP contribution is 2.33. The first-order chi connectivity index (χ1) is 11.4. The highest BCUT2D eigenvalue weighted by Gasteiger charge is 2.37. The molecule has 0 N–H and O–H groups in total. The first-order valence-corrected chi connectivity index (χ1v) is 9.14. The number of likely N-dealkylation sites (tertiary alicyclic amines) is 1. The second-order valence-electron chi connectivity index (χ2n) is 8.10. The zero-order chi connectivity index (χ0) is 19.0. The van der Waals surface area contributed by atoms with Gasteiger partial charge in [-0.05, 0) is 70.3 Å². The highest BCUT2D eigenvalue weighted by atomic mass is 79.9. The molecule has 0 bridgehead atoms. The molecular weight excluding hydrogens is 390 g/mol. The second-order valence-corrected chi connectivity index (χ2v) is 8.92. The van der Waals surface area contributed by atoms with Crippen LogP contribution in [-0.2, 0) is 9.47 Å². The first-order valence-electron chi connectivity index (χ1n) is 8.35. The molecule has 1 aromatic heterocycles. The number of halogens is 1. The van der Waals surface area contributed by atoms with Crippen molar-refractivity contribution in [2.45, 2.75) is 71.6 Å². The molecule has 1 amide bonds. The van der Waals surface area contributed by atoms with Crippen molar-refractivity contribution in [1.29, 1.82) is 0 Å². The van der Waals surface area contributed by atoms with E-state index in [2.05, 4.69) is 20.9 Å². The van der Waals surface area contributed by atoms with Gasteiger partial charge in [0, 0.05) is 12.7 Å². The number of ether oxygens (including phenoxy) is 2. The molecule has 1 atom stereocenters. The lowest BCUT2D eigenvalue weighted by Gasteiger charge is -2.28. The molecule has 2 rings (SSSR count). The van der Waals surface area contributed by atoms with Gasteiger partial charge in [-0.15, -0.1) is 0 Å². The molecule has 0 radical (unpaired) electrons. The number of hydrogen-bond acceptors (Lipinski definition) is 5. The van der Waals surface area contributed by atoms with E-state index in [0.717, 1.165) is 6.42 Å². The maximum absolute atomic E-state index is 12.5. The molecule has 140 valence electrons. The van der Waals surface area contributed by atoms with Crippen molar-refractivity contribution in [2.75, 3.05) is 6.54 Å². The van der Waals surface area contributed by atoms with Crippen LogP contribution in [0.3, 0.4) is 0 Å². The van der Waals surface area contributed by atoms with Gasteiger partial charge in [0.05, 0.1) is 6.04 Å². The van der Waals surface area contributed by atoms with Gasteiger partial charge < -0.3 is 9.47 Å². The average molecular weight is 416 g/mol. The summed E-state index contributed by atoms with van der Waals surface area (Å²) in [6.45, 7) is 11.5. The largest absolute Gasteiger partial charge is 0.444 e. The lowest BCUT2D eigenvalue weighted by Crippen LogP contribution is -2.38. The normalized spacial score (nSPS) is 18.4. The summed E-state index contributed by atoms with van der Waals surface area (Å²) in [4.78, 5) is 31.0. The third-order valence-electron chi connectivity index (χ3n) is 3.47. The molecule has 0 saturated carbocycles. The fourth-order valence-electron chi connectivity index (χ4n) is 2.63. The molecule has 0 unspecified atom stereocenters. The fourth-order valence-corrected chi connectivity index (χ4v) is 3.02. The molecule has 0 aliphatic carbocycles. The van der Waals surface area contributed by atoms with Gasteiger partial charge >= 0.3 is 12.2 Å². The third kappa shape index (κ3) is 5.20. The van der Waals surface area contributed by atoms with E-state index in [0.29, 0.717) is 23.4 Å². The predicted octanol–water partition coefficient (Wildman–Crippen LogP) is 4.50. The molecule has 8 heteroatoms. The van der Waals surface area contributed by atoms with Crippen LogP contribution in [0.25, 0.3) is 0 Å². The Balaban J connectivity index is 2.28. The topological polar surface area (TPSA) is 73.7 Å². The van der Waals surface area contributed by atoms with Gasteiger partial charge in [0.2, 0.25) is 0 Å². The van der Waals surface area contributed by atoms with Crippen LogP contribution in [0.4, 0.5) is 9.59 Å². The number of imidazole rings is 1. The van der Waals surface area contributed by atoms with Crippen LogP contribution in [0.5, 0.6) is 0 Å². The van der Waals surface area contributed by atoms with Crippen LogP contribution in [0.15, 0.2) is 10.8 Å². The minimum Gasteiger partial charge on any atom is -0.444 e. The van der Waals surface area contributed by atoms with Gasteiger partial charge in [0.1, 0.15) is 21.6 Å². The van der Waals surface area contributed by atoms with E-state index in [9.17, 15) is 9.59 Å². The highest BCUT2D eigenvalue weighted by molar-refractivity contribution is 9.10. The number of carbonyl (C=O) groups is 2. The number of aromatic nitrogens is 2. The number of amides is 1. The standard InChI is InChI=1S/C17H26BrN3O4/c1-16(2,3)24-14(22)20-9-7-8-11(20)13-19-12(18)10-21(13)15(23)25-17(4,5)6/h10-11H,7-9H2,1-6H3/t11-/m0/s1. The number of hydrogen-bond donors (Lipinski definition) is 0. The van der Waals surface area contributed by atoms with Gasteiger partial charge in [-0.25, -0.2) is 19.1 Å². The molecule has 1 saturated heterocycles. The fraction of sp³-hybridized carbons (Fsp3) is 0.706. The van der Waals surface area contributed by atoms with Crippen LogP contribution in [0.2, 0.25) is 0 Å². The Hall–Kier alpha value is -1.57. The van der Waals surface area contributed by atoms with Crippen LogP contribution < -0.4 is 0 Å². The molecule has 0 spiro atoms. The van der Waals surface area contributed by atoms with Gasteiger partial charge in [0.15, 0.2) is 0 Å². The van der Waals surface area contributed by atoms with E-state index in [1.807, 2.05) is 20.8 Å². The van der Waals surface area contributed by atoms with E-state index < -0.39 is 23.4 Å². The van der Waals surface area contributed by atoms with E-state index in [1.54, 1.807) is 31.9 Å². The molecule has 1 fully saturated rings. The molecule has 0 aromatic carbocycles. The molecule has 2 heterocycles. The Kier molecular flexibility index (Phi) is 5.51. The summed E-state index contributed by atoms with van der Waals surface area (Å²) in [6.07, 6.45) is 2.19. The van der Waals surface area contributed by atoms with E-state index >= 15 is 0 Å². The smallest absolute Gasteiger partial charge is 0.420 e. The molecule has 7 nitrogen and oxygen atoms in total. The minimum atomic E-state index is -0.619. The van der Waals surface area contributed by atoms with Crippen molar-refractivity contribution < 1.29 is 19.1 Å². The summed E-state index contributed by atoms with van der Waals surface area (Å²) in [5.74, 6) is 0.476. The Bertz CT molecular complexity index is 658. The van der Waals surface area contributed by atoms with Gasteiger partial charge in [0.25, 0.3) is 0 Å². The Morgan fingerprint density at radius 1 is 1.12 bits per heavy atom. The summed E-state index contributed by atoms with van der Waals surface area (Å²) >= 11 is 3.31. The van der Waals surface area contributed by atoms with Crippen LogP contribution >= 0.6 is 15.9 Å². The average Bonchev–Trinajstić information content (AvgIpc) is 2.99. The molecule has 1 aliphatic heterocycles. The van der Waals surface area contributed by atoms with Gasteiger partial charge in [-0.3, -0.25) is 4.90 Å². The maximum Gasteiger partial charge on any atom is 0.420 e. The van der Waals surface area contributed by atoms with Crippen molar-refractivity contribution in [3.05, 3.63) is 16.6 Å². The SMILES string of the molecule is CC(C)(C)OC(=O)N1CCC[C@H]1c1nc(Br)cn1C(=O)OC(C)(C)C. The van der Waals surface area contributed by atoms with Crippen molar-refractivity contribution in [3.63, 3.8) is 0 Å². The van der Waals surface area contributed by atoms with Crippen molar-refractivity contribution in [1.82, 2.24) is 14.5 Å². The summed E-state index contributed by atoms with van der Waals surface area (Å²) in [6, 6.07) is -0.325. The van der Waals surface area contributed by atoms with Crippen LogP contribution in [0.1, 0.15) is 66.3 Å². The molecular formula is C17H26BrN3O4. The van der Waals surface area contributed by atoms with E-state index in [4.69, 9.17) is 9.47 Å². The van der Waals surface area contributed by atoms with E-state index in [1.165, 1.54) is 4.57 Å². The number of rotatable bonds is 1. The van der Waals surface area contributed by atoms with Gasteiger partial charge in [-0.2, -0.15) is 0 Å². The van der Waals surface area contributed by atoms with Gasteiger partial charge in [-0.1, -0.05) is 0 Å². The number of carbonyl (C=O) groups excluding carboxylic acids is 2. The summed E-state index contributed by atoms with van der Waals surface area (Å²) in [5, 5.41) is 0. The van der Waals surface area contributed by atoms with Crippen molar-refractivity contribution >= 4 is 28.1 Å². The Morgan fingerprint density at radius 2 is 1.68 bits per heavy atom. The quantitative estimate of drug-likeness (QED) is 0.674. The summed E-state index contributed by atoms with van der Waals surface area (Å²) in [5.41, 5.74) is -1.20. The summed E-state index contributed by atoms with van der Waals surface area (Å²) < 4.78 is 12.8. The van der Waals surface area contributed by atoms with Crippen molar-refractivity contribution in [2.24, 2.45) is 0 Å².